The number of nitriles is 1. The van der Waals surface area contributed by atoms with Crippen LogP contribution >= 0.6 is 0 Å². The predicted octanol–water partition coefficient (Wildman–Crippen LogP) is 0.830. The number of likely N-dealkylation sites (tertiary alicyclic amines) is 1. The monoisotopic (exact) mass is 181 g/mol. The standard InChI is InChI=1S/C10H19N3/c1-9(7-11)8-12-10-3-5-13(2)6-4-10/h9-10,12H,3-6,8H2,1-2H3. The van der Waals surface area contributed by atoms with Crippen LogP contribution in [0.2, 0.25) is 0 Å². The van der Waals surface area contributed by atoms with Crippen LogP contribution in [0.3, 0.4) is 0 Å². The summed E-state index contributed by atoms with van der Waals surface area (Å²) >= 11 is 0. The summed E-state index contributed by atoms with van der Waals surface area (Å²) in [4.78, 5) is 2.35. The molecular formula is C10H19N3. The Labute approximate surface area is 80.7 Å². The lowest BCUT2D eigenvalue weighted by Crippen LogP contribution is -2.42. The second kappa shape index (κ2) is 5.21. The van der Waals surface area contributed by atoms with Crippen LogP contribution in [0, 0.1) is 17.2 Å². The van der Waals surface area contributed by atoms with Gasteiger partial charge < -0.3 is 10.2 Å². The highest BCUT2D eigenvalue weighted by molar-refractivity contribution is 4.83. The Morgan fingerprint density at radius 1 is 1.54 bits per heavy atom. The summed E-state index contributed by atoms with van der Waals surface area (Å²) in [5, 5.41) is 12.1. The molecule has 3 nitrogen and oxygen atoms in total. The van der Waals surface area contributed by atoms with Crippen molar-refractivity contribution in [3.63, 3.8) is 0 Å². The van der Waals surface area contributed by atoms with E-state index in [0.29, 0.717) is 6.04 Å². The van der Waals surface area contributed by atoms with Gasteiger partial charge in [0.05, 0.1) is 12.0 Å². The van der Waals surface area contributed by atoms with Crippen LogP contribution in [0.25, 0.3) is 0 Å². The Kier molecular flexibility index (Phi) is 4.20. The van der Waals surface area contributed by atoms with E-state index in [1.165, 1.54) is 25.9 Å². The maximum Gasteiger partial charge on any atom is 0.0666 e. The highest BCUT2D eigenvalue weighted by Gasteiger charge is 2.16. The Bertz CT molecular complexity index is 177. The van der Waals surface area contributed by atoms with Crippen molar-refractivity contribution in [1.29, 1.82) is 5.26 Å². The second-order valence-corrected chi connectivity index (χ2v) is 4.02. The third kappa shape index (κ3) is 3.75. The largest absolute Gasteiger partial charge is 0.313 e. The van der Waals surface area contributed by atoms with Crippen LogP contribution in [0.4, 0.5) is 0 Å². The van der Waals surface area contributed by atoms with Gasteiger partial charge in [-0.2, -0.15) is 5.26 Å². The minimum Gasteiger partial charge on any atom is -0.313 e. The molecule has 0 aromatic rings. The molecule has 13 heavy (non-hydrogen) atoms. The van der Waals surface area contributed by atoms with E-state index < -0.39 is 0 Å². The van der Waals surface area contributed by atoms with Crippen LogP contribution in [-0.2, 0) is 0 Å². The van der Waals surface area contributed by atoms with Crippen molar-refractivity contribution >= 4 is 0 Å². The van der Waals surface area contributed by atoms with Crippen LogP contribution in [0.1, 0.15) is 19.8 Å². The summed E-state index contributed by atoms with van der Waals surface area (Å²) in [5.74, 6) is 0.139. The summed E-state index contributed by atoms with van der Waals surface area (Å²) in [6.45, 7) is 5.16. The van der Waals surface area contributed by atoms with Crippen LogP contribution in [0.5, 0.6) is 0 Å². The van der Waals surface area contributed by atoms with E-state index in [0.717, 1.165) is 6.54 Å². The number of nitrogens with one attached hydrogen (secondary N) is 1. The molecule has 1 saturated heterocycles. The number of hydrogen-bond donors (Lipinski definition) is 1. The van der Waals surface area contributed by atoms with Crippen molar-refractivity contribution in [2.45, 2.75) is 25.8 Å². The van der Waals surface area contributed by atoms with Gasteiger partial charge in [0.15, 0.2) is 0 Å². The van der Waals surface area contributed by atoms with Gasteiger partial charge in [-0.05, 0) is 39.9 Å². The van der Waals surface area contributed by atoms with Crippen molar-refractivity contribution in [2.75, 3.05) is 26.7 Å². The maximum absolute atomic E-state index is 8.61. The first-order valence-electron chi connectivity index (χ1n) is 5.04. The summed E-state index contributed by atoms with van der Waals surface area (Å²) in [6.07, 6.45) is 2.43. The normalized spacial score (nSPS) is 22.5. The Morgan fingerprint density at radius 3 is 2.69 bits per heavy atom. The molecule has 0 spiro atoms. The molecule has 3 heteroatoms. The predicted molar refractivity (Wildman–Crippen MR) is 53.3 cm³/mol. The molecule has 0 saturated carbocycles. The van der Waals surface area contributed by atoms with Gasteiger partial charge in [-0.3, -0.25) is 0 Å². The van der Waals surface area contributed by atoms with Crippen LogP contribution in [0.15, 0.2) is 0 Å². The SMILES string of the molecule is CC(C#N)CNC1CCN(C)CC1. The minimum absolute atomic E-state index is 0.139. The van der Waals surface area contributed by atoms with Gasteiger partial charge in [-0.1, -0.05) is 0 Å². The molecule has 74 valence electrons. The number of nitrogens with zero attached hydrogens (tertiary/aromatic N) is 2. The first kappa shape index (κ1) is 10.5. The zero-order valence-electron chi connectivity index (χ0n) is 8.58. The molecule has 0 radical (unpaired) electrons. The molecule has 0 aliphatic carbocycles. The average molecular weight is 181 g/mol. The Hall–Kier alpha value is -0.590. The van der Waals surface area contributed by atoms with Crippen molar-refractivity contribution in [2.24, 2.45) is 5.92 Å². The van der Waals surface area contributed by atoms with E-state index in [2.05, 4.69) is 23.3 Å². The van der Waals surface area contributed by atoms with Gasteiger partial charge in [-0.15, -0.1) is 0 Å². The lowest BCUT2D eigenvalue weighted by Gasteiger charge is -2.29. The molecule has 0 aromatic carbocycles. The number of piperidine rings is 1. The highest BCUT2D eigenvalue weighted by Crippen LogP contribution is 2.08. The van der Waals surface area contributed by atoms with Crippen molar-refractivity contribution in [3.05, 3.63) is 0 Å². The van der Waals surface area contributed by atoms with E-state index in [9.17, 15) is 0 Å². The van der Waals surface area contributed by atoms with Crippen molar-refractivity contribution in [1.82, 2.24) is 10.2 Å². The van der Waals surface area contributed by atoms with Crippen LogP contribution in [-0.4, -0.2) is 37.6 Å². The molecule has 0 amide bonds. The molecule has 1 aliphatic rings. The van der Waals surface area contributed by atoms with Crippen molar-refractivity contribution < 1.29 is 0 Å². The highest BCUT2D eigenvalue weighted by atomic mass is 15.1. The smallest absolute Gasteiger partial charge is 0.0666 e. The first-order chi connectivity index (χ1) is 6.22. The second-order valence-electron chi connectivity index (χ2n) is 4.02. The third-order valence-corrected chi connectivity index (χ3v) is 2.65. The number of hydrogen-bond acceptors (Lipinski definition) is 3. The van der Waals surface area contributed by atoms with Gasteiger partial charge in [0.1, 0.15) is 0 Å². The Balaban J connectivity index is 2.13. The van der Waals surface area contributed by atoms with Gasteiger partial charge in [0, 0.05) is 12.6 Å². The lowest BCUT2D eigenvalue weighted by atomic mass is 10.0. The molecule has 1 atom stereocenters. The average Bonchev–Trinajstić information content (AvgIpc) is 2.16. The summed E-state index contributed by atoms with van der Waals surface area (Å²) in [6, 6.07) is 2.87. The third-order valence-electron chi connectivity index (χ3n) is 2.65. The fraction of sp³-hybridized carbons (Fsp3) is 0.900. The van der Waals surface area contributed by atoms with E-state index >= 15 is 0 Å². The van der Waals surface area contributed by atoms with E-state index in [1.54, 1.807) is 0 Å². The molecule has 1 fully saturated rings. The molecule has 1 N–H and O–H groups in total. The molecule has 1 unspecified atom stereocenters. The minimum atomic E-state index is 0.139. The molecule has 1 heterocycles. The van der Waals surface area contributed by atoms with Crippen molar-refractivity contribution in [3.8, 4) is 6.07 Å². The maximum atomic E-state index is 8.61. The summed E-state index contributed by atoms with van der Waals surface area (Å²) < 4.78 is 0. The van der Waals surface area contributed by atoms with Gasteiger partial charge >= 0.3 is 0 Å². The number of rotatable bonds is 3. The Morgan fingerprint density at radius 2 is 2.15 bits per heavy atom. The first-order valence-corrected chi connectivity index (χ1v) is 5.04. The van der Waals surface area contributed by atoms with Crippen LogP contribution < -0.4 is 5.32 Å². The molecule has 0 aromatic heterocycles. The fourth-order valence-electron chi connectivity index (χ4n) is 1.60. The van der Waals surface area contributed by atoms with E-state index in [4.69, 9.17) is 5.26 Å². The quantitative estimate of drug-likeness (QED) is 0.701. The molecule has 1 aliphatic heterocycles. The molecule has 1 rings (SSSR count). The van der Waals surface area contributed by atoms with Gasteiger partial charge in [0.25, 0.3) is 0 Å². The van der Waals surface area contributed by atoms with Gasteiger partial charge in [0.2, 0.25) is 0 Å². The summed E-state index contributed by atoms with van der Waals surface area (Å²) in [5.41, 5.74) is 0. The summed E-state index contributed by atoms with van der Waals surface area (Å²) in [7, 11) is 2.16. The zero-order valence-corrected chi connectivity index (χ0v) is 8.58. The molecule has 0 bridgehead atoms. The topological polar surface area (TPSA) is 39.1 Å². The lowest BCUT2D eigenvalue weighted by molar-refractivity contribution is 0.233. The van der Waals surface area contributed by atoms with Gasteiger partial charge in [-0.25, -0.2) is 0 Å². The van der Waals surface area contributed by atoms with E-state index in [-0.39, 0.29) is 5.92 Å². The zero-order chi connectivity index (χ0) is 9.68. The fourth-order valence-corrected chi connectivity index (χ4v) is 1.60. The molecular weight excluding hydrogens is 162 g/mol. The van der Waals surface area contributed by atoms with E-state index in [1.807, 2.05) is 6.92 Å².